The van der Waals surface area contributed by atoms with Crippen LogP contribution in [0.15, 0.2) is 18.2 Å². The molecule has 1 aromatic carbocycles. The average molecular weight is 283 g/mol. The number of carbonyl (C=O) groups is 1. The Morgan fingerprint density at radius 1 is 1.47 bits per heavy atom. The summed E-state index contributed by atoms with van der Waals surface area (Å²) in [7, 11) is 3.43. The van der Waals surface area contributed by atoms with Gasteiger partial charge in [-0.25, -0.2) is 0 Å². The summed E-state index contributed by atoms with van der Waals surface area (Å²) in [6.07, 6.45) is 0. The lowest BCUT2D eigenvalue weighted by molar-refractivity contribution is -0.0924. The van der Waals surface area contributed by atoms with E-state index in [1.807, 2.05) is 6.07 Å². The molecule has 1 fully saturated rings. The average Bonchev–Trinajstić information content (AvgIpc) is 2.34. The number of halogens is 1. The van der Waals surface area contributed by atoms with Crippen molar-refractivity contribution in [3.8, 4) is 0 Å². The molecule has 0 saturated carbocycles. The molecule has 19 heavy (non-hydrogen) atoms. The lowest BCUT2D eigenvalue weighted by Crippen LogP contribution is -2.45. The van der Waals surface area contributed by atoms with E-state index >= 15 is 0 Å². The summed E-state index contributed by atoms with van der Waals surface area (Å²) in [6.45, 7) is 4.55. The van der Waals surface area contributed by atoms with Crippen LogP contribution in [0.3, 0.4) is 0 Å². The van der Waals surface area contributed by atoms with Gasteiger partial charge in [0.05, 0.1) is 23.8 Å². The minimum absolute atomic E-state index is 0.0909. The number of hydrogen-bond donors (Lipinski definition) is 1. The summed E-state index contributed by atoms with van der Waals surface area (Å²) in [5.74, 6) is -0.0909. The Balaban J connectivity index is 2.09. The Morgan fingerprint density at radius 2 is 2.16 bits per heavy atom. The van der Waals surface area contributed by atoms with Crippen molar-refractivity contribution in [1.29, 1.82) is 0 Å². The summed E-state index contributed by atoms with van der Waals surface area (Å²) in [4.78, 5) is 13.5. The third-order valence-electron chi connectivity index (χ3n) is 3.22. The van der Waals surface area contributed by atoms with Gasteiger partial charge in [0.15, 0.2) is 0 Å². The van der Waals surface area contributed by atoms with Gasteiger partial charge in [-0.1, -0.05) is 18.5 Å². The van der Waals surface area contributed by atoms with E-state index < -0.39 is 0 Å². The molecule has 2 rings (SSSR count). The van der Waals surface area contributed by atoms with E-state index in [0.29, 0.717) is 10.6 Å². The van der Waals surface area contributed by atoms with E-state index in [4.69, 9.17) is 16.3 Å². The lowest BCUT2D eigenvalue weighted by atomic mass is 9.88. The first-order chi connectivity index (χ1) is 8.91. The molecule has 1 aliphatic rings. The Morgan fingerprint density at radius 3 is 2.68 bits per heavy atom. The fraction of sp³-hybridized carbons (Fsp3) is 0.500. The van der Waals surface area contributed by atoms with Gasteiger partial charge in [-0.2, -0.15) is 0 Å². The van der Waals surface area contributed by atoms with Gasteiger partial charge in [0.2, 0.25) is 0 Å². The minimum atomic E-state index is -0.0909. The number of rotatable bonds is 4. The van der Waals surface area contributed by atoms with Crippen molar-refractivity contribution < 1.29 is 9.53 Å². The maximum atomic E-state index is 12.0. The minimum Gasteiger partial charge on any atom is -0.384 e. The van der Waals surface area contributed by atoms with E-state index in [2.05, 4.69) is 12.2 Å². The summed E-state index contributed by atoms with van der Waals surface area (Å²) in [5, 5.41) is 3.81. The first-order valence-electron chi connectivity index (χ1n) is 6.24. The second-order valence-electron chi connectivity index (χ2n) is 5.55. The molecule has 0 spiro atoms. The molecular formula is C14H19ClN2O2. The quantitative estimate of drug-likeness (QED) is 0.922. The molecule has 1 amide bonds. The number of anilines is 1. The van der Waals surface area contributed by atoms with E-state index in [1.165, 1.54) is 4.90 Å². The first-order valence-corrected chi connectivity index (χ1v) is 6.62. The van der Waals surface area contributed by atoms with Gasteiger partial charge in [-0.15, -0.1) is 0 Å². The zero-order valence-electron chi connectivity index (χ0n) is 11.5. The number of carbonyl (C=O) groups excluding carboxylic acids is 1. The second kappa shape index (κ2) is 5.39. The standard InChI is InChI=1S/C14H19ClN2O2/c1-14(8-19-9-14)7-16-10-4-5-12(15)11(6-10)13(18)17(2)3/h4-6,16H,7-9H2,1-3H3. The van der Waals surface area contributed by atoms with Gasteiger partial charge in [-0.3, -0.25) is 4.79 Å². The molecular weight excluding hydrogens is 264 g/mol. The fourth-order valence-corrected chi connectivity index (χ4v) is 2.11. The van der Waals surface area contributed by atoms with Gasteiger partial charge in [0, 0.05) is 31.7 Å². The Hall–Kier alpha value is -1.26. The van der Waals surface area contributed by atoms with Crippen LogP contribution in [0.5, 0.6) is 0 Å². The highest BCUT2D eigenvalue weighted by atomic mass is 35.5. The topological polar surface area (TPSA) is 41.6 Å². The molecule has 0 radical (unpaired) electrons. The van der Waals surface area contributed by atoms with Gasteiger partial charge < -0.3 is 15.0 Å². The predicted octanol–water partition coefficient (Wildman–Crippen LogP) is 2.49. The van der Waals surface area contributed by atoms with Crippen LogP contribution >= 0.6 is 11.6 Å². The maximum absolute atomic E-state index is 12.0. The van der Waals surface area contributed by atoms with Crippen molar-refractivity contribution >= 4 is 23.2 Å². The number of hydrogen-bond acceptors (Lipinski definition) is 3. The third kappa shape index (κ3) is 3.19. The molecule has 1 heterocycles. The first kappa shape index (κ1) is 14.2. The molecule has 1 saturated heterocycles. The van der Waals surface area contributed by atoms with Gasteiger partial charge in [0.1, 0.15) is 0 Å². The van der Waals surface area contributed by atoms with Crippen LogP contribution in [0.2, 0.25) is 5.02 Å². The monoisotopic (exact) mass is 282 g/mol. The van der Waals surface area contributed by atoms with E-state index in [-0.39, 0.29) is 11.3 Å². The molecule has 5 heteroatoms. The Kier molecular flexibility index (Phi) is 4.02. The van der Waals surface area contributed by atoms with Crippen molar-refractivity contribution in [2.75, 3.05) is 39.2 Å². The molecule has 0 atom stereocenters. The third-order valence-corrected chi connectivity index (χ3v) is 3.55. The number of nitrogens with zero attached hydrogens (tertiary/aromatic N) is 1. The van der Waals surface area contributed by atoms with Gasteiger partial charge in [0.25, 0.3) is 5.91 Å². The van der Waals surface area contributed by atoms with Crippen molar-refractivity contribution in [1.82, 2.24) is 4.90 Å². The second-order valence-corrected chi connectivity index (χ2v) is 5.96. The number of ether oxygens (including phenoxy) is 1. The molecule has 0 aromatic heterocycles. The van der Waals surface area contributed by atoms with Crippen LogP contribution in [0, 0.1) is 5.41 Å². The van der Waals surface area contributed by atoms with Crippen LogP contribution in [-0.4, -0.2) is 44.7 Å². The zero-order chi connectivity index (χ0) is 14.0. The molecule has 1 aromatic rings. The molecule has 104 valence electrons. The summed E-state index contributed by atoms with van der Waals surface area (Å²) >= 11 is 6.07. The Labute approximate surface area is 118 Å². The fourth-order valence-electron chi connectivity index (χ4n) is 1.91. The highest BCUT2D eigenvalue weighted by Gasteiger charge is 2.32. The van der Waals surface area contributed by atoms with Crippen LogP contribution < -0.4 is 5.32 Å². The molecule has 1 aliphatic heterocycles. The summed E-state index contributed by atoms with van der Waals surface area (Å²) < 4.78 is 5.22. The van der Waals surface area contributed by atoms with E-state index in [9.17, 15) is 4.79 Å². The SMILES string of the molecule is CN(C)C(=O)c1cc(NCC2(C)COC2)ccc1Cl. The van der Waals surface area contributed by atoms with Crippen LogP contribution in [0.25, 0.3) is 0 Å². The lowest BCUT2D eigenvalue weighted by Gasteiger charge is -2.38. The largest absolute Gasteiger partial charge is 0.384 e. The van der Waals surface area contributed by atoms with Gasteiger partial charge >= 0.3 is 0 Å². The molecule has 0 unspecified atom stereocenters. The molecule has 0 bridgehead atoms. The summed E-state index contributed by atoms with van der Waals surface area (Å²) in [6, 6.07) is 5.44. The number of amides is 1. The van der Waals surface area contributed by atoms with Crippen LogP contribution in [-0.2, 0) is 4.74 Å². The zero-order valence-corrected chi connectivity index (χ0v) is 12.3. The molecule has 4 nitrogen and oxygen atoms in total. The number of benzene rings is 1. The van der Waals surface area contributed by atoms with Crippen LogP contribution in [0.1, 0.15) is 17.3 Å². The maximum Gasteiger partial charge on any atom is 0.254 e. The smallest absolute Gasteiger partial charge is 0.254 e. The summed E-state index contributed by atoms with van der Waals surface area (Å²) in [5.41, 5.74) is 1.61. The number of nitrogens with one attached hydrogen (secondary N) is 1. The van der Waals surface area contributed by atoms with Gasteiger partial charge in [-0.05, 0) is 18.2 Å². The normalized spacial score (nSPS) is 16.6. The highest BCUT2D eigenvalue weighted by molar-refractivity contribution is 6.34. The predicted molar refractivity (Wildman–Crippen MR) is 76.9 cm³/mol. The van der Waals surface area contributed by atoms with Crippen molar-refractivity contribution in [3.63, 3.8) is 0 Å². The van der Waals surface area contributed by atoms with Crippen molar-refractivity contribution in [2.45, 2.75) is 6.92 Å². The van der Waals surface area contributed by atoms with Crippen molar-refractivity contribution in [2.24, 2.45) is 5.41 Å². The van der Waals surface area contributed by atoms with E-state index in [0.717, 1.165) is 25.4 Å². The highest BCUT2D eigenvalue weighted by Crippen LogP contribution is 2.28. The van der Waals surface area contributed by atoms with Crippen LogP contribution in [0.4, 0.5) is 5.69 Å². The van der Waals surface area contributed by atoms with E-state index in [1.54, 1.807) is 26.2 Å². The van der Waals surface area contributed by atoms with Crippen molar-refractivity contribution in [3.05, 3.63) is 28.8 Å². The molecule has 1 N–H and O–H groups in total. The Bertz CT molecular complexity index is 484. The molecule has 0 aliphatic carbocycles.